The van der Waals surface area contributed by atoms with Crippen molar-refractivity contribution in [1.82, 2.24) is 10.2 Å². The summed E-state index contributed by atoms with van der Waals surface area (Å²) in [6, 6.07) is 9.13. The van der Waals surface area contributed by atoms with Gasteiger partial charge in [0.2, 0.25) is 0 Å². The molecule has 0 saturated heterocycles. The van der Waals surface area contributed by atoms with E-state index in [1.807, 2.05) is 32.8 Å². The Hall–Kier alpha value is -2.73. The van der Waals surface area contributed by atoms with E-state index in [0.29, 0.717) is 11.5 Å². The van der Waals surface area contributed by atoms with Crippen molar-refractivity contribution < 1.29 is 0 Å². The number of nitrogens with zero attached hydrogens (tertiary/aromatic N) is 3. The average Bonchev–Trinajstić information content (AvgIpc) is 2.84. The monoisotopic (exact) mass is 478 g/mol. The lowest BCUT2D eigenvalue weighted by Crippen LogP contribution is -2.40. The summed E-state index contributed by atoms with van der Waals surface area (Å²) in [7, 11) is 3.91. The highest BCUT2D eigenvalue weighted by atomic mass is 15.1. The lowest BCUT2D eigenvalue weighted by molar-refractivity contribution is 0.443. The van der Waals surface area contributed by atoms with Gasteiger partial charge in [0.15, 0.2) is 0 Å². The molecule has 0 bridgehead atoms. The predicted octanol–water partition coefficient (Wildman–Crippen LogP) is 6.01. The van der Waals surface area contributed by atoms with Gasteiger partial charge in [0, 0.05) is 31.4 Å². The van der Waals surface area contributed by atoms with Crippen molar-refractivity contribution >= 4 is 17.3 Å². The van der Waals surface area contributed by atoms with Gasteiger partial charge in [-0.25, -0.2) is 4.99 Å². The first-order chi connectivity index (χ1) is 16.7. The van der Waals surface area contributed by atoms with Crippen molar-refractivity contribution in [3.63, 3.8) is 0 Å². The molecule has 1 aliphatic carbocycles. The van der Waals surface area contributed by atoms with E-state index in [2.05, 4.69) is 48.1 Å². The Bertz CT molecular complexity index is 944. The van der Waals surface area contributed by atoms with Crippen LogP contribution in [0.4, 0.5) is 0 Å². The summed E-state index contributed by atoms with van der Waals surface area (Å²) in [5.74, 6) is 1.36. The minimum absolute atomic E-state index is 0.117. The Kier molecular flexibility index (Phi) is 11.4. The zero-order valence-electron chi connectivity index (χ0n) is 22.7. The third-order valence-corrected chi connectivity index (χ3v) is 6.70. The third kappa shape index (κ3) is 8.46. The second-order valence-corrected chi connectivity index (χ2v) is 9.83. The van der Waals surface area contributed by atoms with Crippen LogP contribution in [0.15, 0.2) is 57.9 Å². The zero-order chi connectivity index (χ0) is 26.0. The Morgan fingerprint density at radius 2 is 1.80 bits per heavy atom. The molecule has 4 N–H and O–H groups in total. The summed E-state index contributed by atoms with van der Waals surface area (Å²) in [6.45, 7) is 12.6. The molecule has 1 atom stereocenters. The molecule has 192 valence electrons. The highest BCUT2D eigenvalue weighted by Crippen LogP contribution is 2.33. The Labute approximate surface area is 213 Å². The number of allylic oxidation sites excluding steroid dienone is 3. The summed E-state index contributed by atoms with van der Waals surface area (Å²) in [5.41, 5.74) is 12.9. The molecular weight excluding hydrogens is 432 g/mol. The van der Waals surface area contributed by atoms with Crippen LogP contribution in [-0.2, 0) is 0 Å². The maximum Gasteiger partial charge on any atom is 0.103 e. The number of benzene rings is 1. The van der Waals surface area contributed by atoms with Crippen LogP contribution in [0.5, 0.6) is 0 Å². The highest BCUT2D eigenvalue weighted by molar-refractivity contribution is 6.15. The average molecular weight is 479 g/mol. The van der Waals surface area contributed by atoms with Gasteiger partial charge < -0.3 is 16.0 Å². The second kappa shape index (κ2) is 14.0. The predicted molar refractivity (Wildman–Crippen MR) is 152 cm³/mol. The number of amidine groups is 1. The SMILES string of the molecule is C=C(C)N=C1CC(NC)C(c2ccc(C3CCCCC3)cc2)=N/C1=C(/C)N.CCCN(C)C(C)=N. The lowest BCUT2D eigenvalue weighted by atomic mass is 9.83. The summed E-state index contributed by atoms with van der Waals surface area (Å²) in [5, 5.41) is 10.5. The molecule has 1 aromatic rings. The molecular formula is C29H46N6. The molecule has 35 heavy (non-hydrogen) atoms. The minimum Gasteiger partial charge on any atom is -0.400 e. The van der Waals surface area contributed by atoms with Crippen LogP contribution in [0.1, 0.15) is 89.7 Å². The van der Waals surface area contributed by atoms with Crippen molar-refractivity contribution in [1.29, 1.82) is 5.41 Å². The second-order valence-electron chi connectivity index (χ2n) is 9.83. The van der Waals surface area contributed by atoms with Gasteiger partial charge in [-0.15, -0.1) is 0 Å². The van der Waals surface area contributed by atoms with E-state index in [-0.39, 0.29) is 6.04 Å². The van der Waals surface area contributed by atoms with Crippen LogP contribution in [-0.4, -0.2) is 48.8 Å². The molecule has 0 aromatic heterocycles. The van der Waals surface area contributed by atoms with Crippen LogP contribution in [0.3, 0.4) is 0 Å². The van der Waals surface area contributed by atoms with Crippen molar-refractivity contribution in [2.24, 2.45) is 15.7 Å². The Morgan fingerprint density at radius 3 is 2.26 bits per heavy atom. The van der Waals surface area contributed by atoms with E-state index < -0.39 is 0 Å². The zero-order valence-corrected chi connectivity index (χ0v) is 22.7. The van der Waals surface area contributed by atoms with E-state index in [4.69, 9.17) is 16.1 Å². The van der Waals surface area contributed by atoms with E-state index in [9.17, 15) is 0 Å². The normalized spacial score (nSPS) is 21.0. The van der Waals surface area contributed by atoms with Crippen molar-refractivity contribution in [3.8, 4) is 0 Å². The maximum atomic E-state index is 7.13. The van der Waals surface area contributed by atoms with Gasteiger partial charge in [0.1, 0.15) is 5.70 Å². The van der Waals surface area contributed by atoms with Crippen LogP contribution in [0.25, 0.3) is 0 Å². The number of likely N-dealkylation sites (N-methyl/N-ethyl adjacent to an activating group) is 1. The molecule has 1 fully saturated rings. The Morgan fingerprint density at radius 1 is 1.17 bits per heavy atom. The van der Waals surface area contributed by atoms with Gasteiger partial charge in [0.25, 0.3) is 0 Å². The smallest absolute Gasteiger partial charge is 0.103 e. The van der Waals surface area contributed by atoms with Crippen molar-refractivity contribution in [2.45, 2.75) is 84.6 Å². The number of rotatable bonds is 6. The fourth-order valence-electron chi connectivity index (χ4n) is 4.66. The number of nitrogens with two attached hydrogens (primary N) is 1. The molecule has 3 rings (SSSR count). The first-order valence-corrected chi connectivity index (χ1v) is 13.0. The van der Waals surface area contributed by atoms with E-state index in [0.717, 1.165) is 53.7 Å². The van der Waals surface area contributed by atoms with Gasteiger partial charge in [-0.2, -0.15) is 0 Å². The molecule has 0 amide bonds. The van der Waals surface area contributed by atoms with E-state index in [1.54, 1.807) is 6.92 Å². The van der Waals surface area contributed by atoms with Gasteiger partial charge >= 0.3 is 0 Å². The quantitative estimate of drug-likeness (QED) is 0.346. The van der Waals surface area contributed by atoms with Gasteiger partial charge in [-0.3, -0.25) is 10.4 Å². The molecule has 1 aliphatic heterocycles. The molecule has 1 aromatic carbocycles. The molecule has 0 spiro atoms. The first-order valence-electron chi connectivity index (χ1n) is 13.0. The Balaban J connectivity index is 0.000000466. The minimum atomic E-state index is 0.117. The van der Waals surface area contributed by atoms with Gasteiger partial charge in [-0.05, 0) is 64.1 Å². The summed E-state index contributed by atoms with van der Waals surface area (Å²) in [6.07, 6.45) is 8.62. The highest BCUT2D eigenvalue weighted by Gasteiger charge is 2.27. The summed E-state index contributed by atoms with van der Waals surface area (Å²) < 4.78 is 0. The largest absolute Gasteiger partial charge is 0.400 e. The first kappa shape index (κ1) is 28.5. The van der Waals surface area contributed by atoms with Crippen LogP contribution in [0.2, 0.25) is 0 Å². The van der Waals surface area contributed by atoms with Gasteiger partial charge in [0.05, 0.1) is 23.3 Å². The molecule has 0 radical (unpaired) electrons. The fraction of sp³-hybridized carbons (Fsp3) is 0.552. The number of hydrogen-bond donors (Lipinski definition) is 3. The van der Waals surface area contributed by atoms with Gasteiger partial charge in [-0.1, -0.05) is 57.0 Å². The molecule has 1 unspecified atom stereocenters. The molecule has 6 nitrogen and oxygen atoms in total. The van der Waals surface area contributed by atoms with E-state index in [1.165, 1.54) is 37.7 Å². The topological polar surface area (TPSA) is 89.9 Å². The van der Waals surface area contributed by atoms with Crippen LogP contribution >= 0.6 is 0 Å². The molecule has 1 saturated carbocycles. The third-order valence-electron chi connectivity index (χ3n) is 6.70. The molecule has 2 aliphatic rings. The standard InChI is InChI=1S/C23H32N4.C6H14N2/c1-15(2)26-21-14-20(25-4)23(27-22(21)16(3)24)19-12-10-18(11-13-19)17-8-6-5-7-9-17;1-4-5-8(3)6(2)7/h10-13,17,20,25H,1,5-9,14,24H2,2-4H3;7H,4-5H2,1-3H3/b22-16-,26-21?;. The number of hydrogen-bond acceptors (Lipinski definition) is 5. The van der Waals surface area contributed by atoms with Crippen molar-refractivity contribution in [3.05, 3.63) is 59.1 Å². The summed E-state index contributed by atoms with van der Waals surface area (Å²) in [4.78, 5) is 11.4. The molecule has 6 heteroatoms. The fourth-order valence-corrected chi connectivity index (χ4v) is 4.66. The van der Waals surface area contributed by atoms with Crippen LogP contribution in [0, 0.1) is 5.41 Å². The van der Waals surface area contributed by atoms with Crippen molar-refractivity contribution in [2.75, 3.05) is 20.6 Å². The number of nitrogens with one attached hydrogen (secondary N) is 2. The van der Waals surface area contributed by atoms with E-state index >= 15 is 0 Å². The maximum absolute atomic E-state index is 7.13. The summed E-state index contributed by atoms with van der Waals surface area (Å²) >= 11 is 0. The number of aliphatic imine (C=N–C) groups is 2. The lowest BCUT2D eigenvalue weighted by Gasteiger charge is -2.27. The van der Waals surface area contributed by atoms with Crippen LogP contribution < -0.4 is 11.1 Å². The molecule has 1 heterocycles.